The topological polar surface area (TPSA) is 107 Å². The predicted molar refractivity (Wildman–Crippen MR) is 223 cm³/mol. The van der Waals surface area contributed by atoms with Gasteiger partial charge in [0.25, 0.3) is 0 Å². The largest absolute Gasteiger partial charge is 2.00 e. The Morgan fingerprint density at radius 3 is 1.69 bits per heavy atom. The van der Waals surface area contributed by atoms with Crippen LogP contribution in [-0.2, 0) is 76.4 Å². The summed E-state index contributed by atoms with van der Waals surface area (Å²) >= 11 is 0. The summed E-state index contributed by atoms with van der Waals surface area (Å²) in [6, 6.07) is 41.0. The number of nitrogens with one attached hydrogen (secondary N) is 1. The van der Waals surface area contributed by atoms with Crippen LogP contribution in [0.4, 0.5) is 5.69 Å². The van der Waals surface area contributed by atoms with Gasteiger partial charge in [-0.05, 0) is 99.3 Å². The number of nitrogens with zero attached hydrogens (tertiary/aromatic N) is 6. The SMILES string of the molecule is O=C(CCCc1ccc2ccc3cccc4ccc1c2c34)Nc1cccnc1CN(Cc1ccccn1)CC(O)CN(Cc1ccccn1)Cc1ccccn1.[Zn+2].[Zn+2]. The van der Waals surface area contributed by atoms with Crippen LogP contribution in [0.1, 0.15) is 41.2 Å². The van der Waals surface area contributed by atoms with Gasteiger partial charge in [0.15, 0.2) is 0 Å². The Morgan fingerprint density at radius 1 is 0.569 bits per heavy atom. The van der Waals surface area contributed by atoms with Gasteiger partial charge >= 0.3 is 39.0 Å². The first-order valence-corrected chi connectivity index (χ1v) is 19.3. The molecule has 2 N–H and O–H groups in total. The van der Waals surface area contributed by atoms with Crippen molar-refractivity contribution in [3.63, 3.8) is 0 Å². The van der Waals surface area contributed by atoms with Gasteiger partial charge in [-0.3, -0.25) is 34.5 Å². The molecule has 0 fully saturated rings. The van der Waals surface area contributed by atoms with E-state index in [1.807, 2.05) is 66.7 Å². The van der Waals surface area contributed by atoms with Crippen molar-refractivity contribution >= 4 is 43.9 Å². The van der Waals surface area contributed by atoms with E-state index in [9.17, 15) is 9.90 Å². The summed E-state index contributed by atoms with van der Waals surface area (Å²) in [6.07, 6.45) is 8.30. The molecule has 58 heavy (non-hydrogen) atoms. The van der Waals surface area contributed by atoms with Gasteiger partial charge in [0.05, 0.1) is 34.6 Å². The van der Waals surface area contributed by atoms with Gasteiger partial charge in [0, 0.05) is 70.5 Å². The minimum Gasteiger partial charge on any atom is -0.390 e. The van der Waals surface area contributed by atoms with Crippen LogP contribution < -0.4 is 5.32 Å². The second-order valence-electron chi connectivity index (χ2n) is 14.4. The third-order valence-electron chi connectivity index (χ3n) is 10.3. The van der Waals surface area contributed by atoms with E-state index in [4.69, 9.17) is 4.98 Å². The van der Waals surface area contributed by atoms with Crippen LogP contribution in [-0.4, -0.2) is 59.9 Å². The molecular formula is C47H45N7O2Zn2+4. The first kappa shape index (κ1) is 42.7. The number of benzene rings is 4. The van der Waals surface area contributed by atoms with E-state index in [0.29, 0.717) is 51.4 Å². The Balaban J connectivity index is 0.00000283. The van der Waals surface area contributed by atoms with Crippen molar-refractivity contribution in [3.05, 3.63) is 174 Å². The van der Waals surface area contributed by atoms with Crippen LogP contribution in [0.25, 0.3) is 32.3 Å². The molecule has 0 spiro atoms. The quantitative estimate of drug-likeness (QED) is 0.0698. The fourth-order valence-electron chi connectivity index (χ4n) is 7.74. The molecule has 4 aromatic heterocycles. The predicted octanol–water partition coefficient (Wildman–Crippen LogP) is 8.19. The summed E-state index contributed by atoms with van der Waals surface area (Å²) < 4.78 is 0. The smallest absolute Gasteiger partial charge is 0.390 e. The number of aryl methyl sites for hydroxylation is 1. The van der Waals surface area contributed by atoms with Crippen molar-refractivity contribution < 1.29 is 48.9 Å². The van der Waals surface area contributed by atoms with Crippen LogP contribution in [0.5, 0.6) is 0 Å². The monoisotopic (exact) mass is 867 g/mol. The molecule has 11 heteroatoms. The van der Waals surface area contributed by atoms with Crippen molar-refractivity contribution in [3.8, 4) is 0 Å². The molecule has 0 aliphatic rings. The molecule has 0 radical (unpaired) electrons. The third kappa shape index (κ3) is 10.8. The van der Waals surface area contributed by atoms with Gasteiger partial charge in [-0.1, -0.05) is 72.8 Å². The van der Waals surface area contributed by atoms with E-state index in [1.165, 1.54) is 37.9 Å². The second kappa shape index (κ2) is 20.7. The number of amides is 1. The molecule has 0 bridgehead atoms. The van der Waals surface area contributed by atoms with Crippen LogP contribution in [0, 0.1) is 0 Å². The van der Waals surface area contributed by atoms with Crippen LogP contribution in [0.2, 0.25) is 0 Å². The zero-order valence-corrected chi connectivity index (χ0v) is 38.7. The van der Waals surface area contributed by atoms with Crippen molar-refractivity contribution in [2.75, 3.05) is 18.4 Å². The molecule has 4 heterocycles. The van der Waals surface area contributed by atoms with E-state index < -0.39 is 6.10 Å². The van der Waals surface area contributed by atoms with Crippen molar-refractivity contribution in [2.45, 2.75) is 51.5 Å². The number of aliphatic hydroxyl groups excluding tert-OH is 1. The van der Waals surface area contributed by atoms with E-state index in [2.05, 4.69) is 84.7 Å². The molecule has 0 aliphatic carbocycles. The van der Waals surface area contributed by atoms with E-state index >= 15 is 0 Å². The van der Waals surface area contributed by atoms with Gasteiger partial charge in [-0.25, -0.2) is 0 Å². The number of rotatable bonds is 17. The average Bonchev–Trinajstić information content (AvgIpc) is 3.22. The number of aliphatic hydroxyl groups is 1. The molecule has 8 rings (SSSR count). The van der Waals surface area contributed by atoms with Crippen LogP contribution >= 0.6 is 0 Å². The molecule has 8 aromatic rings. The normalized spacial score (nSPS) is 11.8. The minimum atomic E-state index is -0.701. The maximum atomic E-state index is 13.4. The number of pyridine rings is 4. The molecule has 1 atom stereocenters. The Labute approximate surface area is 364 Å². The zero-order chi connectivity index (χ0) is 38.1. The third-order valence-corrected chi connectivity index (χ3v) is 10.3. The summed E-state index contributed by atoms with van der Waals surface area (Å²) in [7, 11) is 0. The Bertz CT molecular complexity index is 2450. The fourth-order valence-corrected chi connectivity index (χ4v) is 7.74. The summed E-state index contributed by atoms with van der Waals surface area (Å²) in [4.78, 5) is 36.1. The number of carbonyl (C=O) groups excluding carboxylic acids is 1. The summed E-state index contributed by atoms with van der Waals surface area (Å²) in [5, 5.41) is 22.4. The van der Waals surface area contributed by atoms with Crippen molar-refractivity contribution in [1.29, 1.82) is 0 Å². The average molecular weight is 871 g/mol. The fraction of sp³-hybridized carbons (Fsp3) is 0.213. The number of carbonyl (C=O) groups is 1. The Hall–Kier alpha value is -4.88. The van der Waals surface area contributed by atoms with Gasteiger partial charge in [-0.2, -0.15) is 0 Å². The first-order chi connectivity index (χ1) is 27.6. The zero-order valence-electron chi connectivity index (χ0n) is 32.8. The second-order valence-corrected chi connectivity index (χ2v) is 14.4. The molecule has 0 saturated carbocycles. The molecule has 4 aromatic carbocycles. The van der Waals surface area contributed by atoms with Gasteiger partial charge in [0.2, 0.25) is 5.91 Å². The van der Waals surface area contributed by atoms with Gasteiger partial charge in [-0.15, -0.1) is 0 Å². The van der Waals surface area contributed by atoms with E-state index in [1.54, 1.807) is 24.8 Å². The Morgan fingerprint density at radius 2 is 1.10 bits per heavy atom. The molecule has 0 saturated heterocycles. The number of hydrogen-bond donors (Lipinski definition) is 2. The van der Waals surface area contributed by atoms with Crippen molar-refractivity contribution in [2.24, 2.45) is 0 Å². The first-order valence-electron chi connectivity index (χ1n) is 19.3. The molecule has 9 nitrogen and oxygen atoms in total. The summed E-state index contributed by atoms with van der Waals surface area (Å²) in [6.45, 7) is 2.82. The standard InChI is InChI=1S/C47H45N7O2.2Zn/c55-41(31-53(28-38-13-1-4-24-48-38)29-39-14-2-5-25-49-39)32-54(30-40-15-3-6-26-50-40)33-44-43(16-9-27-51-44)52-45(56)17-8-10-34-18-19-37-21-20-35-11-7-12-36-22-23-42(34)47(37)46(35)36;;/h1-7,9,11-16,18-27,41,55H,8,10,17,28-33H2,(H,52,56);;/q;2*+2. The molecule has 1 amide bonds. The minimum absolute atomic E-state index is 0. The number of aromatic nitrogens is 4. The van der Waals surface area contributed by atoms with Gasteiger partial charge in [0.1, 0.15) is 0 Å². The molecule has 0 aliphatic heterocycles. The summed E-state index contributed by atoms with van der Waals surface area (Å²) in [5.74, 6) is -0.0482. The molecule has 280 valence electrons. The van der Waals surface area contributed by atoms with Crippen LogP contribution in [0.15, 0.2) is 146 Å². The Kier molecular flexibility index (Phi) is 15.2. The van der Waals surface area contributed by atoms with Crippen molar-refractivity contribution in [1.82, 2.24) is 29.7 Å². The number of anilines is 1. The maximum Gasteiger partial charge on any atom is 2.00 e. The number of hydrogen-bond acceptors (Lipinski definition) is 8. The van der Waals surface area contributed by atoms with Crippen LogP contribution in [0.3, 0.4) is 0 Å². The summed E-state index contributed by atoms with van der Waals surface area (Å²) in [5.41, 5.74) is 5.39. The van der Waals surface area contributed by atoms with E-state index in [-0.39, 0.29) is 44.9 Å². The maximum absolute atomic E-state index is 13.4. The van der Waals surface area contributed by atoms with Gasteiger partial charge < -0.3 is 10.4 Å². The van der Waals surface area contributed by atoms with E-state index in [0.717, 1.165) is 35.6 Å². The molecule has 1 unspecified atom stereocenters. The molecular weight excluding hydrogens is 825 g/mol.